The molecule has 0 atom stereocenters. The second-order valence-electron chi connectivity index (χ2n) is 2.18. The number of hydrogen-bond acceptors (Lipinski definition) is 4. The van der Waals surface area contributed by atoms with Gasteiger partial charge >= 0.3 is 11.5 Å². The Morgan fingerprint density at radius 2 is 1.92 bits per heavy atom. The molecule has 1 aromatic rings. The molecule has 7 heteroatoms. The molecule has 0 N–H and O–H groups in total. The summed E-state index contributed by atoms with van der Waals surface area (Å²) in [6, 6.07) is 0.917. The predicted molar refractivity (Wildman–Crippen MR) is 38.7 cm³/mol. The zero-order valence-electron chi connectivity index (χ0n) is 6.13. The van der Waals surface area contributed by atoms with E-state index in [1.165, 1.54) is 7.05 Å². The summed E-state index contributed by atoms with van der Waals surface area (Å²) < 4.78 is 1.10. The lowest BCUT2D eigenvalue weighted by Crippen LogP contribution is -1.94. The van der Waals surface area contributed by atoms with Crippen molar-refractivity contribution in [1.82, 2.24) is 4.57 Å². The summed E-state index contributed by atoms with van der Waals surface area (Å²) in [7, 11) is 1.38. The largest absolute Gasteiger partial charge is 0.358 e. The molecule has 0 fully saturated rings. The summed E-state index contributed by atoms with van der Waals surface area (Å²) in [6.45, 7) is 0. The van der Waals surface area contributed by atoms with E-state index in [0.717, 1.165) is 16.8 Å². The molecule has 0 radical (unpaired) electrons. The fraction of sp³-hybridized carbons (Fsp3) is 0.200. The Morgan fingerprint density at radius 1 is 1.33 bits per heavy atom. The van der Waals surface area contributed by atoms with E-state index in [1.807, 2.05) is 0 Å². The van der Waals surface area contributed by atoms with Crippen LogP contribution < -0.4 is 0 Å². The molecule has 0 amide bonds. The Balaban J connectivity index is 3.17. The maximum absolute atomic E-state index is 10.2. The molecule has 0 saturated carbocycles. The fourth-order valence-electron chi connectivity index (χ4n) is 0.817. The second-order valence-corrected chi connectivity index (χ2v) is 2.18. The number of nitrogens with zero attached hydrogens (tertiary/aromatic N) is 3. The first-order valence-corrected chi connectivity index (χ1v) is 2.97. The fourth-order valence-corrected chi connectivity index (χ4v) is 0.817. The Bertz CT molecular complexity index is 342. The molecular formula is C5H5N3O4. The van der Waals surface area contributed by atoms with Crippen LogP contribution in [0.5, 0.6) is 0 Å². The summed E-state index contributed by atoms with van der Waals surface area (Å²) >= 11 is 0. The highest BCUT2D eigenvalue weighted by molar-refractivity contribution is 5.38. The number of aromatic nitrogens is 1. The molecule has 0 aromatic carbocycles. The monoisotopic (exact) mass is 171 g/mol. The maximum Gasteiger partial charge on any atom is 0.329 e. The molecule has 0 aliphatic heterocycles. The average Bonchev–Trinajstić information content (AvgIpc) is 2.30. The van der Waals surface area contributed by atoms with Crippen molar-refractivity contribution in [2.24, 2.45) is 7.05 Å². The Hall–Kier alpha value is -1.92. The Kier molecular flexibility index (Phi) is 1.78. The molecular weight excluding hydrogens is 166 g/mol. The van der Waals surface area contributed by atoms with E-state index < -0.39 is 9.85 Å². The van der Waals surface area contributed by atoms with Crippen LogP contribution in [0, 0.1) is 20.2 Å². The molecule has 7 nitrogen and oxygen atoms in total. The SMILES string of the molecule is Cn1cc([N+](=O)[O-])cc1[N+](=O)[O-]. The molecule has 64 valence electrons. The van der Waals surface area contributed by atoms with Crippen molar-refractivity contribution in [2.45, 2.75) is 0 Å². The van der Waals surface area contributed by atoms with Gasteiger partial charge in [0.2, 0.25) is 0 Å². The molecule has 0 unspecified atom stereocenters. The highest BCUT2D eigenvalue weighted by Gasteiger charge is 2.19. The van der Waals surface area contributed by atoms with E-state index in [0.29, 0.717) is 0 Å². The topological polar surface area (TPSA) is 91.2 Å². The second kappa shape index (κ2) is 2.61. The lowest BCUT2D eigenvalue weighted by Gasteiger charge is -1.90. The molecule has 1 aromatic heterocycles. The molecule has 0 aliphatic carbocycles. The summed E-state index contributed by atoms with van der Waals surface area (Å²) in [6.07, 6.45) is 1.10. The normalized spacial score (nSPS) is 9.75. The van der Waals surface area contributed by atoms with Gasteiger partial charge in [-0.25, -0.2) is 4.57 Å². The zero-order valence-corrected chi connectivity index (χ0v) is 6.13. The predicted octanol–water partition coefficient (Wildman–Crippen LogP) is 0.841. The van der Waals surface area contributed by atoms with Gasteiger partial charge in [-0.05, 0) is 4.92 Å². The van der Waals surface area contributed by atoms with E-state index in [9.17, 15) is 20.2 Å². The summed E-state index contributed by atoms with van der Waals surface area (Å²) in [4.78, 5) is 19.0. The molecule has 1 rings (SSSR count). The van der Waals surface area contributed by atoms with Crippen molar-refractivity contribution >= 4 is 11.5 Å². The zero-order chi connectivity index (χ0) is 9.30. The molecule has 0 saturated heterocycles. The van der Waals surface area contributed by atoms with Gasteiger partial charge in [-0.3, -0.25) is 10.1 Å². The van der Waals surface area contributed by atoms with Crippen LogP contribution >= 0.6 is 0 Å². The molecule has 1 heterocycles. The minimum atomic E-state index is -0.674. The molecule has 12 heavy (non-hydrogen) atoms. The van der Waals surface area contributed by atoms with Gasteiger partial charge in [0.05, 0.1) is 12.0 Å². The van der Waals surface area contributed by atoms with Crippen LogP contribution in [0.25, 0.3) is 0 Å². The third kappa shape index (κ3) is 1.24. The maximum atomic E-state index is 10.2. The number of rotatable bonds is 2. The van der Waals surface area contributed by atoms with Gasteiger partial charge in [0.15, 0.2) is 6.20 Å². The van der Waals surface area contributed by atoms with Crippen LogP contribution in [0.15, 0.2) is 12.3 Å². The Labute approximate surface area is 66.5 Å². The number of nitro groups is 2. The average molecular weight is 171 g/mol. The van der Waals surface area contributed by atoms with E-state index in [-0.39, 0.29) is 11.5 Å². The third-order valence-electron chi connectivity index (χ3n) is 1.36. The van der Waals surface area contributed by atoms with Crippen molar-refractivity contribution in [3.63, 3.8) is 0 Å². The number of hydrogen-bond donors (Lipinski definition) is 0. The summed E-state index contributed by atoms with van der Waals surface area (Å²) in [5.41, 5.74) is -0.274. The van der Waals surface area contributed by atoms with Gasteiger partial charge < -0.3 is 10.1 Å². The lowest BCUT2D eigenvalue weighted by atomic mass is 10.5. The van der Waals surface area contributed by atoms with Crippen LogP contribution in [-0.2, 0) is 7.05 Å². The lowest BCUT2D eigenvalue weighted by molar-refractivity contribution is -0.394. The van der Waals surface area contributed by atoms with Crippen LogP contribution in [-0.4, -0.2) is 14.4 Å². The van der Waals surface area contributed by atoms with Crippen LogP contribution in [0.1, 0.15) is 0 Å². The van der Waals surface area contributed by atoms with E-state index in [4.69, 9.17) is 0 Å². The third-order valence-corrected chi connectivity index (χ3v) is 1.36. The van der Waals surface area contributed by atoms with Gasteiger partial charge in [0.25, 0.3) is 0 Å². The number of aryl methyl sites for hydroxylation is 1. The molecule has 0 spiro atoms. The standard InChI is InChI=1S/C5H5N3O4/c1-6-3-4(7(9)10)2-5(6)8(11)12/h2-3H,1H3. The van der Waals surface area contributed by atoms with E-state index >= 15 is 0 Å². The van der Waals surface area contributed by atoms with Gasteiger partial charge in [-0.2, -0.15) is 0 Å². The highest BCUT2D eigenvalue weighted by atomic mass is 16.6. The first-order valence-electron chi connectivity index (χ1n) is 2.97. The van der Waals surface area contributed by atoms with Gasteiger partial charge in [0.1, 0.15) is 6.07 Å². The summed E-state index contributed by atoms with van der Waals surface area (Å²) in [5.74, 6) is -0.290. The smallest absolute Gasteiger partial charge is 0.329 e. The first kappa shape index (κ1) is 8.18. The first-order chi connectivity index (χ1) is 5.52. The van der Waals surface area contributed by atoms with E-state index in [1.54, 1.807) is 0 Å². The van der Waals surface area contributed by atoms with E-state index in [2.05, 4.69) is 0 Å². The van der Waals surface area contributed by atoms with Crippen molar-refractivity contribution in [2.75, 3.05) is 0 Å². The van der Waals surface area contributed by atoms with Crippen LogP contribution in [0.2, 0.25) is 0 Å². The summed E-state index contributed by atoms with van der Waals surface area (Å²) in [5, 5.41) is 20.4. The van der Waals surface area contributed by atoms with Crippen molar-refractivity contribution in [3.05, 3.63) is 32.5 Å². The van der Waals surface area contributed by atoms with Crippen LogP contribution in [0.3, 0.4) is 0 Å². The molecule has 0 aliphatic rings. The van der Waals surface area contributed by atoms with Crippen molar-refractivity contribution < 1.29 is 9.85 Å². The van der Waals surface area contributed by atoms with Gasteiger partial charge in [0, 0.05) is 0 Å². The minimum Gasteiger partial charge on any atom is -0.358 e. The van der Waals surface area contributed by atoms with Crippen molar-refractivity contribution in [3.8, 4) is 0 Å². The van der Waals surface area contributed by atoms with Gasteiger partial charge in [-0.15, -0.1) is 0 Å². The highest BCUT2D eigenvalue weighted by Crippen LogP contribution is 2.20. The molecule has 0 bridgehead atoms. The minimum absolute atomic E-state index is 0.274. The Morgan fingerprint density at radius 3 is 2.17 bits per heavy atom. The quantitative estimate of drug-likeness (QED) is 0.486. The van der Waals surface area contributed by atoms with Crippen molar-refractivity contribution in [1.29, 1.82) is 0 Å². The van der Waals surface area contributed by atoms with Crippen LogP contribution in [0.4, 0.5) is 11.5 Å². The van der Waals surface area contributed by atoms with Gasteiger partial charge in [-0.1, -0.05) is 0 Å².